The number of H-pyrrole nitrogens is 1. The second kappa shape index (κ2) is 9.03. The molecular formula is C19H25N7OS. The number of rotatable bonds is 6. The zero-order chi connectivity index (χ0) is 19.2. The molecule has 3 aromatic heterocycles. The molecule has 8 nitrogen and oxygen atoms in total. The van der Waals surface area contributed by atoms with Gasteiger partial charge in [0.2, 0.25) is 5.82 Å². The quantitative estimate of drug-likeness (QED) is 0.488. The van der Waals surface area contributed by atoms with Gasteiger partial charge in [0.05, 0.1) is 6.26 Å². The van der Waals surface area contributed by atoms with Crippen molar-refractivity contribution in [3.8, 4) is 11.6 Å². The van der Waals surface area contributed by atoms with E-state index in [2.05, 4.69) is 52.8 Å². The van der Waals surface area contributed by atoms with Crippen LogP contribution in [0.2, 0.25) is 0 Å². The van der Waals surface area contributed by atoms with Crippen LogP contribution in [-0.2, 0) is 13.0 Å². The molecule has 0 aromatic carbocycles. The second-order valence-electron chi connectivity index (χ2n) is 6.65. The summed E-state index contributed by atoms with van der Waals surface area (Å²) in [6, 6.07) is 8.01. The van der Waals surface area contributed by atoms with Gasteiger partial charge in [-0.15, -0.1) is 11.3 Å². The molecule has 9 heteroatoms. The lowest BCUT2D eigenvalue weighted by Crippen LogP contribution is -2.52. The van der Waals surface area contributed by atoms with Gasteiger partial charge in [-0.1, -0.05) is 6.07 Å². The average Bonchev–Trinajstić information content (AvgIpc) is 3.48. The standard InChI is InChI=1S/C19H25N7OS/c1-20-19(26-10-8-25(9-11-26)14-15-4-3-13-28-15)21-7-6-17-22-18(24-23-17)16-5-2-12-27-16/h2-5,12-13H,6-11,14H2,1H3,(H,20,21)(H,22,23,24). The zero-order valence-electron chi connectivity index (χ0n) is 16.0. The van der Waals surface area contributed by atoms with Crippen molar-refractivity contribution in [3.05, 3.63) is 46.6 Å². The van der Waals surface area contributed by atoms with E-state index in [9.17, 15) is 0 Å². The summed E-state index contributed by atoms with van der Waals surface area (Å²) in [7, 11) is 1.84. The molecule has 4 rings (SSSR count). The van der Waals surface area contributed by atoms with Crippen LogP contribution in [0.4, 0.5) is 0 Å². The van der Waals surface area contributed by atoms with Crippen LogP contribution in [-0.4, -0.2) is 70.7 Å². The minimum atomic E-state index is 0.589. The molecule has 0 radical (unpaired) electrons. The summed E-state index contributed by atoms with van der Waals surface area (Å²) in [5, 5.41) is 12.8. The Morgan fingerprint density at radius 2 is 2.18 bits per heavy atom. The Hall–Kier alpha value is -2.65. The Labute approximate surface area is 168 Å². The van der Waals surface area contributed by atoms with Crippen LogP contribution < -0.4 is 5.32 Å². The van der Waals surface area contributed by atoms with Gasteiger partial charge in [-0.3, -0.25) is 15.0 Å². The number of nitrogens with zero attached hydrogens (tertiary/aromatic N) is 5. The summed E-state index contributed by atoms with van der Waals surface area (Å²) in [6.45, 7) is 5.85. The van der Waals surface area contributed by atoms with Crippen molar-refractivity contribution in [2.45, 2.75) is 13.0 Å². The highest BCUT2D eigenvalue weighted by Gasteiger charge is 2.19. The number of piperazine rings is 1. The molecule has 1 fully saturated rings. The van der Waals surface area contributed by atoms with Crippen LogP contribution in [0.5, 0.6) is 0 Å². The van der Waals surface area contributed by atoms with Gasteiger partial charge in [-0.25, -0.2) is 4.98 Å². The lowest BCUT2D eigenvalue weighted by atomic mass is 10.3. The van der Waals surface area contributed by atoms with E-state index < -0.39 is 0 Å². The first kappa shape index (κ1) is 18.7. The first-order valence-corrected chi connectivity index (χ1v) is 10.4. The van der Waals surface area contributed by atoms with Gasteiger partial charge in [-0.05, 0) is 23.6 Å². The predicted octanol–water partition coefficient (Wildman–Crippen LogP) is 2.06. The molecule has 0 atom stereocenters. The van der Waals surface area contributed by atoms with Gasteiger partial charge in [0.15, 0.2) is 11.7 Å². The Morgan fingerprint density at radius 1 is 1.29 bits per heavy atom. The number of guanidine groups is 1. The highest BCUT2D eigenvalue weighted by atomic mass is 32.1. The van der Waals surface area contributed by atoms with E-state index >= 15 is 0 Å². The third kappa shape index (κ3) is 4.60. The largest absolute Gasteiger partial charge is 0.461 e. The van der Waals surface area contributed by atoms with Crippen LogP contribution >= 0.6 is 11.3 Å². The molecule has 0 saturated carbocycles. The number of nitrogens with one attached hydrogen (secondary N) is 2. The molecule has 1 aliphatic rings. The molecule has 2 N–H and O–H groups in total. The minimum Gasteiger partial charge on any atom is -0.461 e. The zero-order valence-corrected chi connectivity index (χ0v) is 16.8. The first-order valence-electron chi connectivity index (χ1n) is 9.47. The number of hydrogen-bond donors (Lipinski definition) is 2. The van der Waals surface area contributed by atoms with Gasteiger partial charge in [0, 0.05) is 57.6 Å². The lowest BCUT2D eigenvalue weighted by molar-refractivity contribution is 0.174. The molecule has 0 bridgehead atoms. The summed E-state index contributed by atoms with van der Waals surface area (Å²) in [6.07, 6.45) is 2.36. The number of hydrogen-bond acceptors (Lipinski definition) is 6. The SMILES string of the molecule is CN=C(NCCc1nc(-c2ccco2)n[nH]1)N1CCN(Cc2cccs2)CC1. The fourth-order valence-corrected chi connectivity index (χ4v) is 4.03. The molecule has 0 amide bonds. The molecule has 0 unspecified atom stereocenters. The van der Waals surface area contributed by atoms with Crippen molar-refractivity contribution < 1.29 is 4.42 Å². The highest BCUT2D eigenvalue weighted by molar-refractivity contribution is 7.09. The summed E-state index contributed by atoms with van der Waals surface area (Å²) >= 11 is 1.83. The minimum absolute atomic E-state index is 0.589. The maximum Gasteiger partial charge on any atom is 0.216 e. The monoisotopic (exact) mass is 399 g/mol. The second-order valence-corrected chi connectivity index (χ2v) is 7.68. The van der Waals surface area contributed by atoms with E-state index in [4.69, 9.17) is 4.42 Å². The maximum atomic E-state index is 5.32. The van der Waals surface area contributed by atoms with E-state index in [1.165, 1.54) is 4.88 Å². The van der Waals surface area contributed by atoms with Crippen LogP contribution in [0.3, 0.4) is 0 Å². The van der Waals surface area contributed by atoms with Crippen LogP contribution in [0.25, 0.3) is 11.6 Å². The van der Waals surface area contributed by atoms with Gasteiger partial charge < -0.3 is 14.6 Å². The van der Waals surface area contributed by atoms with Crippen molar-refractivity contribution in [1.29, 1.82) is 0 Å². The van der Waals surface area contributed by atoms with Crippen LogP contribution in [0.15, 0.2) is 45.3 Å². The normalized spacial score (nSPS) is 15.9. The smallest absolute Gasteiger partial charge is 0.216 e. The van der Waals surface area contributed by atoms with E-state index in [1.54, 1.807) is 6.26 Å². The van der Waals surface area contributed by atoms with E-state index in [-0.39, 0.29) is 0 Å². The fraction of sp³-hybridized carbons (Fsp3) is 0.421. The topological polar surface area (TPSA) is 85.6 Å². The number of furan rings is 1. The predicted molar refractivity (Wildman–Crippen MR) is 110 cm³/mol. The number of aliphatic imine (C=N–C) groups is 1. The summed E-state index contributed by atoms with van der Waals surface area (Å²) in [4.78, 5) is 15.2. The summed E-state index contributed by atoms with van der Waals surface area (Å²) in [5.74, 6) is 3.04. The van der Waals surface area contributed by atoms with Crippen LogP contribution in [0, 0.1) is 0 Å². The van der Waals surface area contributed by atoms with Crippen molar-refractivity contribution in [1.82, 2.24) is 30.3 Å². The van der Waals surface area contributed by atoms with Gasteiger partial charge >= 0.3 is 0 Å². The Kier molecular flexibility index (Phi) is 6.03. The van der Waals surface area contributed by atoms with Crippen molar-refractivity contribution in [2.75, 3.05) is 39.8 Å². The van der Waals surface area contributed by atoms with Gasteiger partial charge in [0.1, 0.15) is 5.82 Å². The Morgan fingerprint density at radius 3 is 2.89 bits per heavy atom. The van der Waals surface area contributed by atoms with Crippen molar-refractivity contribution in [3.63, 3.8) is 0 Å². The van der Waals surface area contributed by atoms with Crippen molar-refractivity contribution in [2.24, 2.45) is 4.99 Å². The third-order valence-corrected chi connectivity index (χ3v) is 5.62. The van der Waals surface area contributed by atoms with Crippen molar-refractivity contribution >= 4 is 17.3 Å². The maximum absolute atomic E-state index is 5.32. The number of aromatic nitrogens is 3. The van der Waals surface area contributed by atoms with E-state index in [0.717, 1.165) is 57.5 Å². The molecule has 1 aliphatic heterocycles. The summed E-state index contributed by atoms with van der Waals surface area (Å²) in [5.41, 5.74) is 0. The Bertz CT molecular complexity index is 864. The molecular weight excluding hydrogens is 374 g/mol. The average molecular weight is 400 g/mol. The van der Waals surface area contributed by atoms with Crippen LogP contribution in [0.1, 0.15) is 10.7 Å². The fourth-order valence-electron chi connectivity index (χ4n) is 3.29. The molecule has 4 heterocycles. The molecule has 0 spiro atoms. The van der Waals surface area contributed by atoms with E-state index in [1.807, 2.05) is 30.5 Å². The third-order valence-electron chi connectivity index (χ3n) is 4.76. The highest BCUT2D eigenvalue weighted by Crippen LogP contribution is 2.15. The Balaban J connectivity index is 1.22. The first-order chi connectivity index (χ1) is 13.8. The lowest BCUT2D eigenvalue weighted by Gasteiger charge is -2.36. The molecule has 28 heavy (non-hydrogen) atoms. The molecule has 148 valence electrons. The molecule has 0 aliphatic carbocycles. The summed E-state index contributed by atoms with van der Waals surface area (Å²) < 4.78 is 5.32. The molecule has 1 saturated heterocycles. The van der Waals surface area contributed by atoms with Gasteiger partial charge in [0.25, 0.3) is 0 Å². The number of aromatic amines is 1. The van der Waals surface area contributed by atoms with Gasteiger partial charge in [-0.2, -0.15) is 5.10 Å². The number of thiophene rings is 1. The molecule has 3 aromatic rings. The van der Waals surface area contributed by atoms with E-state index in [0.29, 0.717) is 11.6 Å².